The number of fused-ring (bicyclic) bond motifs is 1. The third-order valence-corrected chi connectivity index (χ3v) is 1.66. The third kappa shape index (κ3) is 0.972. The Labute approximate surface area is 68.6 Å². The number of amides is 1. The quantitative estimate of drug-likeness (QED) is 0.561. The minimum Gasteiger partial charge on any atom is -0.509 e. The topological polar surface area (TPSA) is 62.0 Å². The van der Waals surface area contributed by atoms with Gasteiger partial charge >= 0.3 is 0 Å². The normalized spacial score (nSPS) is 26.3. The van der Waals surface area contributed by atoms with Crippen molar-refractivity contribution in [3.63, 3.8) is 0 Å². The highest BCUT2D eigenvalue weighted by molar-refractivity contribution is 6.14. The van der Waals surface area contributed by atoms with Crippen LogP contribution in [0.4, 0.5) is 0 Å². The first-order valence-electron chi connectivity index (χ1n) is 3.50. The molecule has 4 heteroatoms. The first kappa shape index (κ1) is 6.97. The van der Waals surface area contributed by atoms with Crippen LogP contribution in [0.2, 0.25) is 0 Å². The summed E-state index contributed by atoms with van der Waals surface area (Å²) in [6.07, 6.45) is 6.01. The fourth-order valence-electron chi connectivity index (χ4n) is 1.14. The number of allylic oxidation sites excluding steroid dienone is 1. The molecule has 60 valence electrons. The zero-order valence-corrected chi connectivity index (χ0v) is 6.14. The van der Waals surface area contributed by atoms with Crippen LogP contribution in [0.1, 0.15) is 0 Å². The number of aliphatic imine (C=N–C) groups is 2. The monoisotopic (exact) mass is 162 g/mol. The molecular formula is C8H6N2O2. The van der Waals surface area contributed by atoms with Crippen LogP contribution in [0, 0.1) is 0 Å². The van der Waals surface area contributed by atoms with Gasteiger partial charge in [0.1, 0.15) is 11.8 Å². The van der Waals surface area contributed by atoms with Crippen molar-refractivity contribution < 1.29 is 9.90 Å². The zero-order chi connectivity index (χ0) is 8.55. The van der Waals surface area contributed by atoms with Gasteiger partial charge in [-0.3, -0.25) is 9.79 Å². The van der Waals surface area contributed by atoms with Crippen LogP contribution < -0.4 is 0 Å². The largest absolute Gasteiger partial charge is 0.509 e. The number of hydrogen-bond donors (Lipinski definition) is 1. The minimum atomic E-state index is -0.465. The van der Waals surface area contributed by atoms with Crippen LogP contribution in [0.3, 0.4) is 0 Å². The summed E-state index contributed by atoms with van der Waals surface area (Å²) in [6, 6.07) is -0.465. The first-order valence-corrected chi connectivity index (χ1v) is 3.50. The van der Waals surface area contributed by atoms with Crippen molar-refractivity contribution in [2.24, 2.45) is 9.98 Å². The number of nitrogens with zero attached hydrogens (tertiary/aromatic N) is 2. The van der Waals surface area contributed by atoms with Gasteiger partial charge in [0, 0.05) is 12.3 Å². The highest BCUT2D eigenvalue weighted by Crippen LogP contribution is 2.14. The average Bonchev–Trinajstić information content (AvgIpc) is 2.04. The lowest BCUT2D eigenvalue weighted by atomic mass is 10.1. The Bertz CT molecular complexity index is 350. The van der Waals surface area contributed by atoms with E-state index in [4.69, 9.17) is 0 Å². The van der Waals surface area contributed by atoms with E-state index in [1.807, 2.05) is 0 Å². The molecule has 0 aromatic carbocycles. The molecule has 0 saturated heterocycles. The summed E-state index contributed by atoms with van der Waals surface area (Å²) in [5.41, 5.74) is 0.502. The molecule has 0 aromatic rings. The summed E-state index contributed by atoms with van der Waals surface area (Å²) in [5, 5.41) is 9.29. The molecule has 4 nitrogen and oxygen atoms in total. The van der Waals surface area contributed by atoms with Gasteiger partial charge in [0.15, 0.2) is 0 Å². The second kappa shape index (κ2) is 2.41. The van der Waals surface area contributed by atoms with E-state index in [1.165, 1.54) is 0 Å². The van der Waals surface area contributed by atoms with E-state index in [0.717, 1.165) is 6.08 Å². The zero-order valence-electron chi connectivity index (χ0n) is 6.14. The van der Waals surface area contributed by atoms with E-state index in [1.54, 1.807) is 18.4 Å². The van der Waals surface area contributed by atoms with Crippen LogP contribution in [0.5, 0.6) is 0 Å². The van der Waals surface area contributed by atoms with Crippen LogP contribution in [-0.4, -0.2) is 29.0 Å². The van der Waals surface area contributed by atoms with Crippen LogP contribution >= 0.6 is 0 Å². The Balaban J connectivity index is 2.44. The molecule has 1 amide bonds. The number of dihydropyridines is 2. The molecule has 0 aliphatic carbocycles. The molecular weight excluding hydrogens is 156 g/mol. The van der Waals surface area contributed by atoms with Gasteiger partial charge in [-0.15, -0.1) is 0 Å². The average molecular weight is 162 g/mol. The van der Waals surface area contributed by atoms with Crippen molar-refractivity contribution >= 4 is 17.8 Å². The van der Waals surface area contributed by atoms with E-state index in [9.17, 15) is 9.90 Å². The van der Waals surface area contributed by atoms with Crippen molar-refractivity contribution in [3.05, 3.63) is 24.0 Å². The Morgan fingerprint density at radius 1 is 1.50 bits per heavy atom. The molecule has 1 atom stereocenters. The molecule has 12 heavy (non-hydrogen) atoms. The van der Waals surface area contributed by atoms with Crippen molar-refractivity contribution in [2.75, 3.05) is 0 Å². The minimum absolute atomic E-state index is 0.0365. The van der Waals surface area contributed by atoms with Crippen LogP contribution in [0.25, 0.3) is 0 Å². The summed E-state index contributed by atoms with van der Waals surface area (Å²) in [6.45, 7) is 0. The summed E-state index contributed by atoms with van der Waals surface area (Å²) in [5.74, 6) is -0.467. The van der Waals surface area contributed by atoms with Gasteiger partial charge in [0.2, 0.25) is 0 Å². The Kier molecular flexibility index (Phi) is 1.40. The van der Waals surface area contributed by atoms with E-state index >= 15 is 0 Å². The predicted octanol–water partition coefficient (Wildman–Crippen LogP) is 0.419. The molecule has 1 unspecified atom stereocenters. The standard InChI is InChI=1S/C8H6N2O2/c11-6-4-7(12)10-5-2-1-3-9-8(5)6/h1-4,8,11H. The van der Waals surface area contributed by atoms with Gasteiger partial charge in [-0.1, -0.05) is 0 Å². The second-order valence-corrected chi connectivity index (χ2v) is 2.50. The molecule has 0 fully saturated rings. The van der Waals surface area contributed by atoms with Crippen molar-refractivity contribution in [1.29, 1.82) is 0 Å². The van der Waals surface area contributed by atoms with E-state index < -0.39 is 11.9 Å². The lowest BCUT2D eigenvalue weighted by molar-refractivity contribution is -0.113. The van der Waals surface area contributed by atoms with Crippen molar-refractivity contribution in [2.45, 2.75) is 6.04 Å². The summed E-state index contributed by atoms with van der Waals surface area (Å²) in [4.78, 5) is 18.5. The lowest BCUT2D eigenvalue weighted by Crippen LogP contribution is -2.26. The number of aliphatic hydroxyl groups excluding tert-OH is 1. The lowest BCUT2D eigenvalue weighted by Gasteiger charge is -2.16. The molecule has 0 saturated carbocycles. The highest BCUT2D eigenvalue weighted by Gasteiger charge is 2.24. The van der Waals surface area contributed by atoms with Gasteiger partial charge in [-0.05, 0) is 12.2 Å². The summed E-state index contributed by atoms with van der Waals surface area (Å²) >= 11 is 0. The van der Waals surface area contributed by atoms with Crippen molar-refractivity contribution in [1.82, 2.24) is 0 Å². The summed E-state index contributed by atoms with van der Waals surface area (Å²) < 4.78 is 0. The molecule has 0 radical (unpaired) electrons. The maximum absolute atomic E-state index is 10.8. The number of aliphatic hydroxyl groups is 1. The molecule has 0 spiro atoms. The molecule has 2 aliphatic heterocycles. The van der Waals surface area contributed by atoms with Gasteiger partial charge in [0.25, 0.3) is 5.91 Å². The molecule has 0 bridgehead atoms. The molecule has 1 N–H and O–H groups in total. The van der Waals surface area contributed by atoms with Gasteiger partial charge < -0.3 is 5.11 Å². The van der Waals surface area contributed by atoms with Crippen molar-refractivity contribution in [3.8, 4) is 0 Å². The maximum atomic E-state index is 10.8. The van der Waals surface area contributed by atoms with Gasteiger partial charge in [0.05, 0.1) is 5.71 Å². The predicted molar refractivity (Wildman–Crippen MR) is 44.6 cm³/mol. The first-order chi connectivity index (χ1) is 5.77. The molecule has 2 heterocycles. The fraction of sp³-hybridized carbons (Fsp3) is 0.125. The van der Waals surface area contributed by atoms with E-state index in [0.29, 0.717) is 5.71 Å². The van der Waals surface area contributed by atoms with Crippen LogP contribution in [0.15, 0.2) is 34.0 Å². The molecule has 2 aliphatic rings. The SMILES string of the molecule is O=C1C=C(O)C2N=CC=CC2=N1. The maximum Gasteiger partial charge on any atom is 0.273 e. The number of carbonyl (C=O) groups is 1. The van der Waals surface area contributed by atoms with Gasteiger partial charge in [-0.25, -0.2) is 4.99 Å². The van der Waals surface area contributed by atoms with E-state index in [2.05, 4.69) is 9.98 Å². The summed E-state index contributed by atoms with van der Waals surface area (Å²) in [7, 11) is 0. The van der Waals surface area contributed by atoms with Crippen LogP contribution in [-0.2, 0) is 4.79 Å². The highest BCUT2D eigenvalue weighted by atomic mass is 16.3. The smallest absolute Gasteiger partial charge is 0.273 e. The third-order valence-electron chi connectivity index (χ3n) is 1.66. The Hall–Kier alpha value is -1.71. The fourth-order valence-corrected chi connectivity index (χ4v) is 1.14. The second-order valence-electron chi connectivity index (χ2n) is 2.50. The number of carbonyl (C=O) groups excluding carboxylic acids is 1. The van der Waals surface area contributed by atoms with Gasteiger partial charge in [-0.2, -0.15) is 0 Å². The van der Waals surface area contributed by atoms with E-state index in [-0.39, 0.29) is 5.76 Å². The number of hydrogen-bond acceptors (Lipinski definition) is 3. The number of rotatable bonds is 0. The Morgan fingerprint density at radius 2 is 2.33 bits per heavy atom. The molecule has 0 aromatic heterocycles. The molecule has 2 rings (SSSR count). The Morgan fingerprint density at radius 3 is 3.17 bits per heavy atom.